The smallest absolute Gasteiger partial charge is 0.160 e. The van der Waals surface area contributed by atoms with Gasteiger partial charge in [-0.05, 0) is 82.6 Å². The summed E-state index contributed by atoms with van der Waals surface area (Å²) in [4.78, 5) is 10.5. The summed E-state index contributed by atoms with van der Waals surface area (Å²) < 4.78 is 4.83. The minimum atomic E-state index is 0.697. The molecule has 0 unspecified atom stereocenters. The Bertz CT molecular complexity index is 3580. The number of aromatic nitrogens is 4. The SMILES string of the molecule is c1ccc(-c2cccc(-c3nc(-c4ccccc4)cc(-c4cccc5cc(-n6c7ccccc7c7cc8c9ccccc9n(-c9ccccc9)c8cc76)ccc45)n3)c2)cc1. The third-order valence-corrected chi connectivity index (χ3v) is 11.9. The predicted molar refractivity (Wildman–Crippen MR) is 250 cm³/mol. The average molecular weight is 765 g/mol. The fraction of sp³-hybridized carbons (Fsp3) is 0. The lowest BCUT2D eigenvalue weighted by Gasteiger charge is -2.14. The van der Waals surface area contributed by atoms with Crippen LogP contribution in [0.1, 0.15) is 0 Å². The van der Waals surface area contributed by atoms with Crippen molar-refractivity contribution in [3.05, 3.63) is 218 Å². The molecule has 3 aromatic heterocycles. The molecule has 0 aliphatic rings. The average Bonchev–Trinajstić information content (AvgIpc) is 3.83. The summed E-state index contributed by atoms with van der Waals surface area (Å²) in [5, 5.41) is 7.25. The van der Waals surface area contributed by atoms with Gasteiger partial charge in [-0.1, -0.05) is 158 Å². The van der Waals surface area contributed by atoms with Gasteiger partial charge in [0.15, 0.2) is 5.82 Å². The highest BCUT2D eigenvalue weighted by Gasteiger charge is 2.19. The van der Waals surface area contributed by atoms with Gasteiger partial charge in [-0.25, -0.2) is 9.97 Å². The summed E-state index contributed by atoms with van der Waals surface area (Å²) in [6, 6.07) is 77.9. The van der Waals surface area contributed by atoms with E-state index in [2.05, 4.69) is 215 Å². The number of fused-ring (bicyclic) bond motifs is 7. The molecule has 0 atom stereocenters. The number of benzene rings is 9. The normalized spacial score (nSPS) is 11.7. The monoisotopic (exact) mass is 764 g/mol. The van der Waals surface area contributed by atoms with Crippen molar-refractivity contribution in [2.75, 3.05) is 0 Å². The molecule has 0 bridgehead atoms. The molecular weight excluding hydrogens is 729 g/mol. The van der Waals surface area contributed by atoms with Gasteiger partial charge in [0, 0.05) is 49.6 Å². The number of nitrogens with zero attached hydrogens (tertiary/aromatic N) is 4. The van der Waals surface area contributed by atoms with Crippen molar-refractivity contribution in [3.8, 4) is 56.4 Å². The zero-order chi connectivity index (χ0) is 39.6. The summed E-state index contributed by atoms with van der Waals surface area (Å²) in [7, 11) is 0. The van der Waals surface area contributed by atoms with Crippen LogP contribution >= 0.6 is 0 Å². The van der Waals surface area contributed by atoms with Crippen LogP contribution in [0.15, 0.2) is 218 Å². The van der Waals surface area contributed by atoms with Crippen LogP contribution in [0.5, 0.6) is 0 Å². The first kappa shape index (κ1) is 34.0. The van der Waals surface area contributed by atoms with Crippen LogP contribution in [0.4, 0.5) is 0 Å². The van der Waals surface area contributed by atoms with E-state index >= 15 is 0 Å². The molecule has 0 fully saturated rings. The maximum Gasteiger partial charge on any atom is 0.160 e. The van der Waals surface area contributed by atoms with E-state index in [0.717, 1.165) is 61.4 Å². The Kier molecular flexibility index (Phi) is 7.82. The third-order valence-electron chi connectivity index (χ3n) is 11.9. The Hall–Kier alpha value is -8.08. The molecule has 4 heteroatoms. The summed E-state index contributed by atoms with van der Waals surface area (Å²) in [5.41, 5.74) is 14.2. The van der Waals surface area contributed by atoms with Gasteiger partial charge in [-0.3, -0.25) is 0 Å². The molecule has 0 radical (unpaired) electrons. The van der Waals surface area contributed by atoms with Gasteiger partial charge in [0.25, 0.3) is 0 Å². The molecule has 12 rings (SSSR count). The molecule has 4 nitrogen and oxygen atoms in total. The topological polar surface area (TPSA) is 35.6 Å². The molecule has 0 aliphatic heterocycles. The van der Waals surface area contributed by atoms with E-state index < -0.39 is 0 Å². The van der Waals surface area contributed by atoms with Crippen LogP contribution < -0.4 is 0 Å². The number of para-hydroxylation sites is 3. The third kappa shape index (κ3) is 5.53. The first-order valence-electron chi connectivity index (χ1n) is 20.4. The Balaban J connectivity index is 1.05. The van der Waals surface area contributed by atoms with Crippen molar-refractivity contribution in [2.45, 2.75) is 0 Å². The van der Waals surface area contributed by atoms with Crippen LogP contribution in [0.2, 0.25) is 0 Å². The maximum atomic E-state index is 5.30. The van der Waals surface area contributed by atoms with E-state index in [1.165, 1.54) is 43.6 Å². The maximum absolute atomic E-state index is 5.30. The van der Waals surface area contributed by atoms with Crippen LogP contribution in [0.3, 0.4) is 0 Å². The van der Waals surface area contributed by atoms with Crippen molar-refractivity contribution in [1.29, 1.82) is 0 Å². The molecule has 0 amide bonds. The lowest BCUT2D eigenvalue weighted by Crippen LogP contribution is -1.97. The summed E-state index contributed by atoms with van der Waals surface area (Å²) in [5.74, 6) is 0.697. The van der Waals surface area contributed by atoms with E-state index in [9.17, 15) is 0 Å². The largest absolute Gasteiger partial charge is 0.309 e. The summed E-state index contributed by atoms with van der Waals surface area (Å²) >= 11 is 0. The molecule has 280 valence electrons. The first-order valence-corrected chi connectivity index (χ1v) is 20.4. The molecule has 0 saturated carbocycles. The quantitative estimate of drug-likeness (QED) is 0.169. The molecule has 3 heterocycles. The number of rotatable bonds is 6. The second-order valence-corrected chi connectivity index (χ2v) is 15.4. The van der Waals surface area contributed by atoms with Crippen LogP contribution in [-0.2, 0) is 0 Å². The fourth-order valence-corrected chi connectivity index (χ4v) is 9.14. The zero-order valence-electron chi connectivity index (χ0n) is 32.6. The fourth-order valence-electron chi connectivity index (χ4n) is 9.14. The van der Waals surface area contributed by atoms with Crippen LogP contribution in [0, 0.1) is 0 Å². The van der Waals surface area contributed by atoms with Gasteiger partial charge >= 0.3 is 0 Å². The Labute approximate surface area is 346 Å². The van der Waals surface area contributed by atoms with Gasteiger partial charge in [-0.15, -0.1) is 0 Å². The minimum absolute atomic E-state index is 0.697. The van der Waals surface area contributed by atoms with Crippen molar-refractivity contribution in [1.82, 2.24) is 19.1 Å². The summed E-state index contributed by atoms with van der Waals surface area (Å²) in [6.45, 7) is 0. The van der Waals surface area contributed by atoms with E-state index in [1.54, 1.807) is 0 Å². The van der Waals surface area contributed by atoms with Gasteiger partial charge in [0.2, 0.25) is 0 Å². The van der Waals surface area contributed by atoms with Gasteiger partial charge in [0.05, 0.1) is 33.5 Å². The Morgan fingerprint density at radius 3 is 1.57 bits per heavy atom. The molecule has 60 heavy (non-hydrogen) atoms. The van der Waals surface area contributed by atoms with Crippen molar-refractivity contribution >= 4 is 54.4 Å². The van der Waals surface area contributed by atoms with E-state index in [1.807, 2.05) is 12.1 Å². The predicted octanol–water partition coefficient (Wildman–Crippen LogP) is 14.5. The summed E-state index contributed by atoms with van der Waals surface area (Å²) in [6.07, 6.45) is 0. The van der Waals surface area contributed by atoms with Gasteiger partial charge < -0.3 is 9.13 Å². The minimum Gasteiger partial charge on any atom is -0.309 e. The highest BCUT2D eigenvalue weighted by molar-refractivity contribution is 6.19. The van der Waals surface area contributed by atoms with Crippen molar-refractivity contribution < 1.29 is 0 Å². The highest BCUT2D eigenvalue weighted by atomic mass is 15.0. The molecule has 0 spiro atoms. The lowest BCUT2D eigenvalue weighted by molar-refractivity contribution is 1.17. The van der Waals surface area contributed by atoms with E-state index in [-0.39, 0.29) is 0 Å². The molecule has 9 aromatic carbocycles. The van der Waals surface area contributed by atoms with Crippen LogP contribution in [-0.4, -0.2) is 19.1 Å². The van der Waals surface area contributed by atoms with Crippen molar-refractivity contribution in [2.24, 2.45) is 0 Å². The number of hydrogen-bond donors (Lipinski definition) is 0. The molecule has 0 aliphatic carbocycles. The standard InChI is InChI=1S/C56H36N4/c1-4-16-37(17-5-1)39-20-14-22-41(32-39)56-57-50(38-18-6-2-7-19-38)35-51(58-56)45-27-15-21-40-33-43(30-31-44(40)45)60-53-29-13-11-26-47(53)49-34-48-46-25-10-12-28-52(46)59(54(48)36-55(49)60)42-23-8-3-9-24-42/h1-36H. The number of hydrogen-bond acceptors (Lipinski definition) is 2. The highest BCUT2D eigenvalue weighted by Crippen LogP contribution is 2.41. The first-order chi connectivity index (χ1) is 29.7. The molecule has 0 saturated heterocycles. The zero-order valence-corrected chi connectivity index (χ0v) is 32.6. The molecule has 12 aromatic rings. The Morgan fingerprint density at radius 1 is 0.283 bits per heavy atom. The van der Waals surface area contributed by atoms with Gasteiger partial charge in [-0.2, -0.15) is 0 Å². The van der Waals surface area contributed by atoms with E-state index in [4.69, 9.17) is 9.97 Å². The van der Waals surface area contributed by atoms with E-state index in [0.29, 0.717) is 5.82 Å². The van der Waals surface area contributed by atoms with Gasteiger partial charge in [0.1, 0.15) is 0 Å². The second-order valence-electron chi connectivity index (χ2n) is 15.4. The lowest BCUT2D eigenvalue weighted by atomic mass is 9.99. The molecule has 0 N–H and O–H groups in total. The van der Waals surface area contributed by atoms with Crippen molar-refractivity contribution in [3.63, 3.8) is 0 Å². The Morgan fingerprint density at radius 2 is 0.850 bits per heavy atom. The second kappa shape index (κ2) is 13.8. The molecular formula is C56H36N4. The van der Waals surface area contributed by atoms with Crippen LogP contribution in [0.25, 0.3) is 111 Å².